The van der Waals surface area contributed by atoms with Crippen LogP contribution in [-0.2, 0) is 7.56 Å². The standard InChI is InChI=1S/4C4H6F3.2C4H9O.O.2Sn/c4*1-2-3-4(5,6)7;2*1-2-3-4-5;;;/h4*1-3H2;2*2-4H2,1H3;;;/q;;;;2*-1;;2*+1. The Morgan fingerprint density at radius 1 is 0.415 bits per heavy atom. The van der Waals surface area contributed by atoms with Crippen molar-refractivity contribution in [1.29, 1.82) is 0 Å². The molecule has 0 saturated carbocycles. The summed E-state index contributed by atoms with van der Waals surface area (Å²) in [5.74, 6) is 0. The molecule has 0 atom stereocenters. The molecule has 0 radical (unpaired) electrons. The first-order chi connectivity index (χ1) is 18.7. The predicted octanol–water partition coefficient (Wildman–Crippen LogP) is 10.9. The summed E-state index contributed by atoms with van der Waals surface area (Å²) in [6.07, 6.45) is -23.6. The molecule has 0 saturated heterocycles. The van der Waals surface area contributed by atoms with E-state index >= 15 is 0 Å². The molecule has 0 heterocycles. The van der Waals surface area contributed by atoms with Crippen LogP contribution in [0.5, 0.6) is 0 Å². The molecule has 0 aliphatic heterocycles. The SMILES string of the molecule is CCCC[O][Sn]([CH2]CCC(F)(F)F)([CH2]CCC(F)(F)F)[O][Sn]([CH2]CCC(F)(F)F)([CH2]CCC(F)(F)F)[O]CCCC. The van der Waals surface area contributed by atoms with Crippen LogP contribution in [-0.4, -0.2) is 76.3 Å². The van der Waals surface area contributed by atoms with Crippen LogP contribution in [0.25, 0.3) is 0 Å². The van der Waals surface area contributed by atoms with E-state index in [2.05, 4.69) is 0 Å². The van der Waals surface area contributed by atoms with Crippen LogP contribution in [0.2, 0.25) is 17.7 Å². The van der Waals surface area contributed by atoms with Crippen molar-refractivity contribution in [3.05, 3.63) is 0 Å². The van der Waals surface area contributed by atoms with E-state index < -0.39 is 114 Å². The third kappa shape index (κ3) is 23.7. The molecule has 0 aromatic rings. The van der Waals surface area contributed by atoms with Crippen LogP contribution in [0.15, 0.2) is 0 Å². The van der Waals surface area contributed by atoms with Gasteiger partial charge in [0.25, 0.3) is 0 Å². The summed E-state index contributed by atoms with van der Waals surface area (Å²) in [7, 11) is 0. The van der Waals surface area contributed by atoms with E-state index in [1.54, 1.807) is 13.8 Å². The third-order valence-corrected chi connectivity index (χ3v) is 39.4. The number of hydrogen-bond donors (Lipinski definition) is 0. The second kappa shape index (κ2) is 19.2. The topological polar surface area (TPSA) is 27.7 Å². The Labute approximate surface area is 244 Å². The first-order valence-corrected chi connectivity index (χ1v) is 26.6. The van der Waals surface area contributed by atoms with Gasteiger partial charge in [-0.1, -0.05) is 0 Å². The van der Waals surface area contributed by atoms with E-state index in [0.717, 1.165) is 0 Å². The fourth-order valence-corrected chi connectivity index (χ4v) is 44.9. The van der Waals surface area contributed by atoms with Gasteiger partial charge in [-0.05, 0) is 0 Å². The van der Waals surface area contributed by atoms with Gasteiger partial charge in [-0.2, -0.15) is 0 Å². The van der Waals surface area contributed by atoms with Crippen LogP contribution < -0.4 is 0 Å². The van der Waals surface area contributed by atoms with Gasteiger partial charge in [-0.25, -0.2) is 0 Å². The van der Waals surface area contributed by atoms with E-state index in [-0.39, 0.29) is 31.0 Å². The molecular formula is C24H42F12O3Sn2. The summed E-state index contributed by atoms with van der Waals surface area (Å²) >= 11 is -10.0. The molecule has 41 heavy (non-hydrogen) atoms. The van der Waals surface area contributed by atoms with E-state index in [4.69, 9.17) is 7.56 Å². The third-order valence-electron chi connectivity index (χ3n) is 6.17. The minimum absolute atomic E-state index is 0.0351. The average molecular weight is 844 g/mol. The van der Waals surface area contributed by atoms with Crippen molar-refractivity contribution in [2.24, 2.45) is 0 Å². The van der Waals surface area contributed by atoms with Gasteiger partial charge in [0.2, 0.25) is 0 Å². The van der Waals surface area contributed by atoms with Crippen LogP contribution in [0.4, 0.5) is 52.7 Å². The van der Waals surface area contributed by atoms with Crippen molar-refractivity contribution in [2.45, 2.75) is 133 Å². The Bertz CT molecular complexity index is 587. The molecule has 0 fully saturated rings. The molecule has 17 heteroatoms. The first kappa shape index (κ1) is 41.6. The number of halogens is 12. The number of hydrogen-bond acceptors (Lipinski definition) is 3. The molecule has 0 aromatic carbocycles. The Kier molecular flexibility index (Phi) is 19.5. The van der Waals surface area contributed by atoms with Gasteiger partial charge in [-0.15, -0.1) is 0 Å². The second-order valence-electron chi connectivity index (χ2n) is 10.2. The van der Waals surface area contributed by atoms with E-state index in [1.165, 1.54) is 0 Å². The van der Waals surface area contributed by atoms with Crippen LogP contribution in [0.1, 0.15) is 90.9 Å². The van der Waals surface area contributed by atoms with Crippen LogP contribution >= 0.6 is 0 Å². The van der Waals surface area contributed by atoms with Gasteiger partial charge in [0.05, 0.1) is 0 Å². The van der Waals surface area contributed by atoms with Crippen molar-refractivity contribution in [3.63, 3.8) is 0 Å². The summed E-state index contributed by atoms with van der Waals surface area (Å²) in [4.78, 5) is 0. The average Bonchev–Trinajstić information content (AvgIpc) is 2.76. The molecule has 0 rings (SSSR count). The Balaban J connectivity index is 6.53. The van der Waals surface area contributed by atoms with Crippen molar-refractivity contribution in [2.75, 3.05) is 13.2 Å². The molecule has 0 N–H and O–H groups in total. The van der Waals surface area contributed by atoms with Crippen LogP contribution in [0, 0.1) is 0 Å². The van der Waals surface area contributed by atoms with Gasteiger partial charge >= 0.3 is 245 Å². The van der Waals surface area contributed by atoms with E-state index in [1.807, 2.05) is 0 Å². The first-order valence-electron chi connectivity index (χ1n) is 13.9. The summed E-state index contributed by atoms with van der Waals surface area (Å²) in [5, 5.41) is 0. The number of unbranched alkanes of at least 4 members (excludes halogenated alkanes) is 2. The van der Waals surface area contributed by atoms with Crippen LogP contribution in [0.3, 0.4) is 0 Å². The zero-order valence-corrected chi connectivity index (χ0v) is 29.2. The zero-order chi connectivity index (χ0) is 31.8. The molecule has 248 valence electrons. The maximum absolute atomic E-state index is 13.0. The summed E-state index contributed by atoms with van der Waals surface area (Å²) in [6, 6.07) is 0. The van der Waals surface area contributed by atoms with E-state index in [0.29, 0.717) is 25.7 Å². The molecule has 0 bridgehead atoms. The van der Waals surface area contributed by atoms with Gasteiger partial charge in [0, 0.05) is 0 Å². The zero-order valence-electron chi connectivity index (χ0n) is 23.5. The summed E-state index contributed by atoms with van der Waals surface area (Å²) < 4.78 is 173. The van der Waals surface area contributed by atoms with Gasteiger partial charge in [0.1, 0.15) is 0 Å². The molecule has 0 aromatic heterocycles. The Morgan fingerprint density at radius 2 is 0.659 bits per heavy atom. The predicted molar refractivity (Wildman–Crippen MR) is 135 cm³/mol. The minimum atomic E-state index is -5.01. The van der Waals surface area contributed by atoms with Crippen molar-refractivity contribution in [3.8, 4) is 0 Å². The summed E-state index contributed by atoms with van der Waals surface area (Å²) in [5.41, 5.74) is 0. The van der Waals surface area contributed by atoms with Crippen molar-refractivity contribution in [1.82, 2.24) is 0 Å². The Hall–Kier alpha value is 0.637. The molecule has 0 amide bonds. The van der Waals surface area contributed by atoms with E-state index in [9.17, 15) is 52.7 Å². The molecule has 0 spiro atoms. The molecule has 3 nitrogen and oxygen atoms in total. The fourth-order valence-electron chi connectivity index (χ4n) is 4.18. The molecule has 0 unspecified atom stereocenters. The molecule has 0 aliphatic carbocycles. The molecular weight excluding hydrogens is 802 g/mol. The number of rotatable bonds is 22. The van der Waals surface area contributed by atoms with Crippen molar-refractivity contribution < 1.29 is 60.2 Å². The second-order valence-corrected chi connectivity index (χ2v) is 32.4. The normalized spacial score (nSPS) is 14.2. The maximum atomic E-state index is 13.0. The van der Waals surface area contributed by atoms with Gasteiger partial charge in [0.15, 0.2) is 0 Å². The summed E-state index contributed by atoms with van der Waals surface area (Å²) in [6.45, 7) is 3.49. The van der Waals surface area contributed by atoms with Crippen molar-refractivity contribution >= 4 is 38.4 Å². The number of alkyl halides is 12. The quantitative estimate of drug-likeness (QED) is 0.0617. The van der Waals surface area contributed by atoms with Gasteiger partial charge < -0.3 is 0 Å². The van der Waals surface area contributed by atoms with Gasteiger partial charge in [-0.3, -0.25) is 0 Å². The monoisotopic (exact) mass is 846 g/mol. The Morgan fingerprint density at radius 3 is 0.854 bits per heavy atom. The molecule has 0 aliphatic rings. The fraction of sp³-hybridized carbons (Fsp3) is 1.00.